The molecule has 0 fully saturated rings. The van der Waals surface area contributed by atoms with E-state index in [0.29, 0.717) is 12.2 Å². The molecular weight excluding hydrogens is 228 g/mol. The van der Waals surface area contributed by atoms with Gasteiger partial charge in [0.15, 0.2) is 5.78 Å². The molecule has 0 spiro atoms. The molecule has 0 aliphatic carbocycles. The molecule has 1 aromatic heterocycles. The third kappa shape index (κ3) is 2.99. The number of benzene rings is 1. The molecule has 0 atom stereocenters. The third-order valence-corrected chi connectivity index (χ3v) is 2.91. The van der Waals surface area contributed by atoms with Crippen molar-refractivity contribution in [3.05, 3.63) is 36.1 Å². The van der Waals surface area contributed by atoms with Crippen molar-refractivity contribution in [3.63, 3.8) is 0 Å². The molecular formula is C15H18O3. The van der Waals surface area contributed by atoms with Crippen LogP contribution in [0.3, 0.4) is 0 Å². The first-order valence-corrected chi connectivity index (χ1v) is 6.40. The zero-order valence-corrected chi connectivity index (χ0v) is 10.6. The standard InChI is InChI=1S/C15H18O3/c1-2-3-6-9-17-11-14(16)13-10-18-15-8-5-4-7-12(13)15/h4-5,7-8,10H,2-3,6,9,11H2,1H3. The van der Waals surface area contributed by atoms with Crippen LogP contribution in [-0.2, 0) is 4.74 Å². The number of rotatable bonds is 7. The fourth-order valence-electron chi connectivity index (χ4n) is 1.89. The number of hydrogen-bond acceptors (Lipinski definition) is 3. The second-order valence-corrected chi connectivity index (χ2v) is 4.33. The van der Waals surface area contributed by atoms with Gasteiger partial charge >= 0.3 is 0 Å². The highest BCUT2D eigenvalue weighted by Crippen LogP contribution is 2.21. The zero-order chi connectivity index (χ0) is 12.8. The molecule has 96 valence electrons. The van der Waals surface area contributed by atoms with E-state index in [9.17, 15) is 4.79 Å². The van der Waals surface area contributed by atoms with Crippen molar-refractivity contribution >= 4 is 16.8 Å². The number of ether oxygens (including phenoxy) is 1. The molecule has 3 heteroatoms. The Morgan fingerprint density at radius 1 is 1.28 bits per heavy atom. The Labute approximate surface area is 107 Å². The summed E-state index contributed by atoms with van der Waals surface area (Å²) in [7, 11) is 0. The SMILES string of the molecule is CCCCCOCC(=O)c1coc2ccccc12. The van der Waals surface area contributed by atoms with E-state index in [4.69, 9.17) is 9.15 Å². The minimum atomic E-state index is -0.0172. The first-order chi connectivity index (χ1) is 8.83. The van der Waals surface area contributed by atoms with Crippen molar-refractivity contribution in [2.75, 3.05) is 13.2 Å². The fourth-order valence-corrected chi connectivity index (χ4v) is 1.89. The van der Waals surface area contributed by atoms with Crippen LogP contribution < -0.4 is 0 Å². The number of carbonyl (C=O) groups excluding carboxylic acids is 1. The molecule has 0 saturated heterocycles. The van der Waals surface area contributed by atoms with Gasteiger partial charge in [-0.25, -0.2) is 0 Å². The summed E-state index contributed by atoms with van der Waals surface area (Å²) in [5.74, 6) is -0.0172. The van der Waals surface area contributed by atoms with E-state index in [0.717, 1.165) is 30.2 Å². The van der Waals surface area contributed by atoms with E-state index in [1.807, 2.05) is 24.3 Å². The van der Waals surface area contributed by atoms with Gasteiger partial charge in [-0.2, -0.15) is 0 Å². The number of hydrogen-bond donors (Lipinski definition) is 0. The average molecular weight is 246 g/mol. The molecule has 18 heavy (non-hydrogen) atoms. The first kappa shape index (κ1) is 12.8. The van der Waals surface area contributed by atoms with Crippen molar-refractivity contribution in [2.24, 2.45) is 0 Å². The molecule has 0 aliphatic heterocycles. The van der Waals surface area contributed by atoms with E-state index >= 15 is 0 Å². The summed E-state index contributed by atoms with van der Waals surface area (Å²) in [6.07, 6.45) is 4.82. The topological polar surface area (TPSA) is 39.4 Å². The third-order valence-electron chi connectivity index (χ3n) is 2.91. The lowest BCUT2D eigenvalue weighted by molar-refractivity contribution is 0.0754. The van der Waals surface area contributed by atoms with Crippen molar-refractivity contribution in [3.8, 4) is 0 Å². The highest BCUT2D eigenvalue weighted by molar-refractivity contribution is 6.07. The van der Waals surface area contributed by atoms with E-state index < -0.39 is 0 Å². The molecule has 0 aliphatic rings. The Balaban J connectivity index is 1.93. The summed E-state index contributed by atoms with van der Waals surface area (Å²) >= 11 is 0. The molecule has 2 aromatic rings. The molecule has 2 rings (SSSR count). The van der Waals surface area contributed by atoms with Crippen molar-refractivity contribution in [1.29, 1.82) is 0 Å². The van der Waals surface area contributed by atoms with Crippen LogP contribution in [0, 0.1) is 0 Å². The van der Waals surface area contributed by atoms with Gasteiger partial charge in [0.1, 0.15) is 18.5 Å². The number of unbranched alkanes of at least 4 members (excludes halogenated alkanes) is 2. The zero-order valence-electron chi connectivity index (χ0n) is 10.6. The summed E-state index contributed by atoms with van der Waals surface area (Å²) in [4.78, 5) is 12.0. The Hall–Kier alpha value is -1.61. The van der Waals surface area contributed by atoms with E-state index in [1.165, 1.54) is 6.26 Å². The molecule has 0 N–H and O–H groups in total. The van der Waals surface area contributed by atoms with Gasteiger partial charge in [0.2, 0.25) is 0 Å². The number of para-hydroxylation sites is 1. The Kier molecular flexibility index (Phi) is 4.53. The van der Waals surface area contributed by atoms with Gasteiger partial charge in [0, 0.05) is 12.0 Å². The number of Topliss-reactive ketones (excluding diaryl/α,β-unsaturated/α-hetero) is 1. The Morgan fingerprint density at radius 2 is 2.11 bits per heavy atom. The molecule has 0 amide bonds. The average Bonchev–Trinajstić information content (AvgIpc) is 2.82. The summed E-state index contributed by atoms with van der Waals surface area (Å²) in [5.41, 5.74) is 1.35. The predicted octanol–water partition coefficient (Wildman–Crippen LogP) is 3.82. The normalized spacial score (nSPS) is 10.9. The largest absolute Gasteiger partial charge is 0.464 e. The number of furan rings is 1. The van der Waals surface area contributed by atoms with Gasteiger partial charge < -0.3 is 9.15 Å². The van der Waals surface area contributed by atoms with Gasteiger partial charge in [0.25, 0.3) is 0 Å². The molecule has 0 unspecified atom stereocenters. The molecule has 1 heterocycles. The fraction of sp³-hybridized carbons (Fsp3) is 0.400. The minimum absolute atomic E-state index is 0.0172. The maximum absolute atomic E-state index is 12.0. The minimum Gasteiger partial charge on any atom is -0.464 e. The van der Waals surface area contributed by atoms with Crippen LogP contribution in [-0.4, -0.2) is 19.0 Å². The van der Waals surface area contributed by atoms with Gasteiger partial charge in [-0.1, -0.05) is 38.0 Å². The first-order valence-electron chi connectivity index (χ1n) is 6.40. The van der Waals surface area contributed by atoms with Crippen molar-refractivity contribution in [1.82, 2.24) is 0 Å². The van der Waals surface area contributed by atoms with Crippen LogP contribution in [0.2, 0.25) is 0 Å². The molecule has 0 bridgehead atoms. The summed E-state index contributed by atoms with van der Waals surface area (Å²) < 4.78 is 10.7. The molecule has 0 radical (unpaired) electrons. The van der Waals surface area contributed by atoms with Crippen LogP contribution in [0.15, 0.2) is 34.9 Å². The molecule has 1 aromatic carbocycles. The lowest BCUT2D eigenvalue weighted by atomic mass is 10.1. The van der Waals surface area contributed by atoms with Gasteiger partial charge in [-0.3, -0.25) is 4.79 Å². The Bertz CT molecular complexity index is 513. The highest BCUT2D eigenvalue weighted by atomic mass is 16.5. The summed E-state index contributed by atoms with van der Waals surface area (Å²) in [5, 5.41) is 0.861. The van der Waals surface area contributed by atoms with Crippen LogP contribution in [0.5, 0.6) is 0 Å². The summed E-state index contributed by atoms with van der Waals surface area (Å²) in [6.45, 7) is 2.92. The second-order valence-electron chi connectivity index (χ2n) is 4.33. The Morgan fingerprint density at radius 3 is 2.94 bits per heavy atom. The van der Waals surface area contributed by atoms with Crippen LogP contribution in [0.4, 0.5) is 0 Å². The van der Waals surface area contributed by atoms with E-state index in [-0.39, 0.29) is 12.4 Å². The van der Waals surface area contributed by atoms with Crippen LogP contribution in [0.25, 0.3) is 11.0 Å². The second kappa shape index (κ2) is 6.36. The maximum atomic E-state index is 12.0. The van der Waals surface area contributed by atoms with Gasteiger partial charge in [0.05, 0.1) is 5.56 Å². The van der Waals surface area contributed by atoms with Crippen LogP contribution in [0.1, 0.15) is 36.5 Å². The maximum Gasteiger partial charge on any atom is 0.192 e. The number of fused-ring (bicyclic) bond motifs is 1. The van der Waals surface area contributed by atoms with Crippen molar-refractivity contribution < 1.29 is 13.9 Å². The summed E-state index contributed by atoms with van der Waals surface area (Å²) in [6, 6.07) is 7.54. The monoisotopic (exact) mass is 246 g/mol. The number of ketones is 1. The van der Waals surface area contributed by atoms with Crippen LogP contribution >= 0.6 is 0 Å². The highest BCUT2D eigenvalue weighted by Gasteiger charge is 2.13. The molecule has 0 saturated carbocycles. The molecule has 3 nitrogen and oxygen atoms in total. The smallest absolute Gasteiger partial charge is 0.192 e. The lowest BCUT2D eigenvalue weighted by Crippen LogP contribution is -2.09. The number of carbonyl (C=O) groups is 1. The van der Waals surface area contributed by atoms with Crippen molar-refractivity contribution in [2.45, 2.75) is 26.2 Å². The van der Waals surface area contributed by atoms with E-state index in [2.05, 4.69) is 6.92 Å². The van der Waals surface area contributed by atoms with Gasteiger partial charge in [-0.15, -0.1) is 0 Å². The van der Waals surface area contributed by atoms with E-state index in [1.54, 1.807) is 0 Å². The predicted molar refractivity (Wildman–Crippen MR) is 70.9 cm³/mol. The quantitative estimate of drug-likeness (QED) is 0.550. The lowest BCUT2D eigenvalue weighted by Gasteiger charge is -2.01. The van der Waals surface area contributed by atoms with Gasteiger partial charge in [-0.05, 0) is 12.5 Å².